The fourth-order valence-corrected chi connectivity index (χ4v) is 2.99. The Hall–Kier alpha value is -0.120. The molecule has 1 aliphatic carbocycles. The monoisotopic (exact) mass is 347 g/mol. The Morgan fingerprint density at radius 3 is 2.79 bits per heavy atom. The molecular weight excluding hydrogens is 329 g/mol. The van der Waals surface area contributed by atoms with E-state index in [-0.39, 0.29) is 11.9 Å². The van der Waals surface area contributed by atoms with Crippen LogP contribution in [-0.2, 0) is 0 Å². The van der Waals surface area contributed by atoms with Crippen LogP contribution in [0, 0.1) is 11.7 Å². The second-order valence-electron chi connectivity index (χ2n) is 5.33. The summed E-state index contributed by atoms with van der Waals surface area (Å²) in [7, 11) is 0. The molecule has 1 aromatic rings. The van der Waals surface area contributed by atoms with E-state index in [9.17, 15) is 4.39 Å². The molecule has 0 radical (unpaired) electrons. The van der Waals surface area contributed by atoms with E-state index in [2.05, 4.69) is 28.2 Å². The van der Waals surface area contributed by atoms with E-state index in [1.165, 1.54) is 25.3 Å². The lowest BCUT2D eigenvalue weighted by atomic mass is 9.79. The third-order valence-corrected chi connectivity index (χ3v) is 5.05. The zero-order valence-electron chi connectivity index (χ0n) is 11.2. The van der Waals surface area contributed by atoms with Crippen molar-refractivity contribution in [3.05, 3.63) is 33.0 Å². The van der Waals surface area contributed by atoms with Gasteiger partial charge in [0.1, 0.15) is 5.82 Å². The second kappa shape index (κ2) is 7.05. The van der Waals surface area contributed by atoms with E-state index in [1.54, 1.807) is 6.07 Å². The lowest BCUT2D eigenvalue weighted by molar-refractivity contribution is 0.259. The van der Waals surface area contributed by atoms with Gasteiger partial charge in [0.05, 0.1) is 5.02 Å². The molecule has 1 atom stereocenters. The normalized spacial score (nSPS) is 17.3. The first-order valence-corrected chi connectivity index (χ1v) is 8.16. The molecule has 1 aliphatic rings. The summed E-state index contributed by atoms with van der Waals surface area (Å²) in [6.07, 6.45) is 5.92. The summed E-state index contributed by atoms with van der Waals surface area (Å²) in [6.45, 7) is 3.03. The summed E-state index contributed by atoms with van der Waals surface area (Å²) in [4.78, 5) is 0. The predicted octanol–water partition coefficient (Wildman–Crippen LogP) is 5.47. The molecule has 0 heterocycles. The van der Waals surface area contributed by atoms with Crippen molar-refractivity contribution in [2.24, 2.45) is 5.92 Å². The Morgan fingerprint density at radius 2 is 2.21 bits per heavy atom. The molecule has 0 saturated heterocycles. The molecule has 106 valence electrons. The lowest BCUT2D eigenvalue weighted by Crippen LogP contribution is -2.27. The molecule has 0 spiro atoms. The number of hydrogen-bond acceptors (Lipinski definition) is 1. The minimum absolute atomic E-state index is 0.0795. The first-order valence-electron chi connectivity index (χ1n) is 6.99. The SMILES string of the molecule is CCCNC(CC1CCC1)c1cc(Cl)c(Br)cc1F. The quantitative estimate of drug-likeness (QED) is 0.672. The number of rotatable bonds is 6. The van der Waals surface area contributed by atoms with Crippen LogP contribution < -0.4 is 5.32 Å². The van der Waals surface area contributed by atoms with Gasteiger partial charge in [0.25, 0.3) is 0 Å². The summed E-state index contributed by atoms with van der Waals surface area (Å²) >= 11 is 9.37. The van der Waals surface area contributed by atoms with Crippen molar-refractivity contribution in [1.82, 2.24) is 5.32 Å². The van der Waals surface area contributed by atoms with Crippen molar-refractivity contribution in [3.63, 3.8) is 0 Å². The van der Waals surface area contributed by atoms with E-state index in [1.807, 2.05) is 0 Å². The Kier molecular flexibility index (Phi) is 5.67. The largest absolute Gasteiger partial charge is 0.310 e. The first kappa shape index (κ1) is 15.3. The van der Waals surface area contributed by atoms with Gasteiger partial charge in [-0.15, -0.1) is 0 Å². The highest BCUT2D eigenvalue weighted by molar-refractivity contribution is 9.10. The average molecular weight is 349 g/mol. The number of halogens is 3. The summed E-state index contributed by atoms with van der Waals surface area (Å²) in [5.41, 5.74) is 0.702. The topological polar surface area (TPSA) is 12.0 Å². The van der Waals surface area contributed by atoms with Gasteiger partial charge in [0, 0.05) is 16.1 Å². The van der Waals surface area contributed by atoms with E-state index < -0.39 is 0 Å². The minimum atomic E-state index is -0.177. The predicted molar refractivity (Wildman–Crippen MR) is 82.1 cm³/mol. The summed E-state index contributed by atoms with van der Waals surface area (Å²) in [6, 6.07) is 3.31. The van der Waals surface area contributed by atoms with Gasteiger partial charge in [-0.05, 0) is 53.4 Å². The highest BCUT2D eigenvalue weighted by atomic mass is 79.9. The van der Waals surface area contributed by atoms with Gasteiger partial charge in [0.2, 0.25) is 0 Å². The number of benzene rings is 1. The maximum atomic E-state index is 14.2. The summed E-state index contributed by atoms with van der Waals surface area (Å²) in [5, 5.41) is 4.04. The molecule has 1 unspecified atom stereocenters. The van der Waals surface area contributed by atoms with Crippen molar-refractivity contribution < 1.29 is 4.39 Å². The fourth-order valence-electron chi connectivity index (χ4n) is 2.51. The van der Waals surface area contributed by atoms with Gasteiger partial charge in [-0.2, -0.15) is 0 Å². The maximum Gasteiger partial charge on any atom is 0.129 e. The second-order valence-corrected chi connectivity index (χ2v) is 6.59. The van der Waals surface area contributed by atoms with Gasteiger partial charge in [-0.1, -0.05) is 37.8 Å². The molecule has 1 nitrogen and oxygen atoms in total. The molecule has 1 N–H and O–H groups in total. The van der Waals surface area contributed by atoms with Crippen LogP contribution in [0.15, 0.2) is 16.6 Å². The molecule has 1 saturated carbocycles. The fraction of sp³-hybridized carbons (Fsp3) is 0.600. The lowest BCUT2D eigenvalue weighted by Gasteiger charge is -2.30. The number of hydrogen-bond donors (Lipinski definition) is 1. The van der Waals surface area contributed by atoms with Crippen LogP contribution in [0.25, 0.3) is 0 Å². The van der Waals surface area contributed by atoms with Crippen LogP contribution in [0.3, 0.4) is 0 Å². The summed E-state index contributed by atoms with van der Waals surface area (Å²) < 4.78 is 14.8. The Bertz CT molecular complexity index is 434. The van der Waals surface area contributed by atoms with Crippen molar-refractivity contribution in [2.75, 3.05) is 6.54 Å². The van der Waals surface area contributed by atoms with Gasteiger partial charge >= 0.3 is 0 Å². The molecule has 0 bridgehead atoms. The number of nitrogens with one attached hydrogen (secondary N) is 1. The molecule has 1 aromatic carbocycles. The van der Waals surface area contributed by atoms with Crippen LogP contribution in [0.1, 0.15) is 50.6 Å². The standard InChI is InChI=1S/C15H20BrClFN/c1-2-6-19-15(7-10-4-3-5-10)11-8-13(17)12(16)9-14(11)18/h8-10,15,19H,2-7H2,1H3. The average Bonchev–Trinajstić information content (AvgIpc) is 2.32. The van der Waals surface area contributed by atoms with Gasteiger partial charge in [-0.3, -0.25) is 0 Å². The Morgan fingerprint density at radius 1 is 1.47 bits per heavy atom. The first-order chi connectivity index (χ1) is 9.11. The molecule has 4 heteroatoms. The molecule has 2 rings (SSSR count). The van der Waals surface area contributed by atoms with E-state index in [0.29, 0.717) is 15.1 Å². The Labute approximate surface area is 128 Å². The molecular formula is C15H20BrClFN. The third-order valence-electron chi connectivity index (χ3n) is 3.85. The Balaban J connectivity index is 2.17. The maximum absolute atomic E-state index is 14.2. The van der Waals surface area contributed by atoms with E-state index in [4.69, 9.17) is 11.6 Å². The summed E-state index contributed by atoms with van der Waals surface area (Å²) in [5.74, 6) is 0.556. The van der Waals surface area contributed by atoms with Gasteiger partial charge in [-0.25, -0.2) is 4.39 Å². The van der Waals surface area contributed by atoms with Gasteiger partial charge < -0.3 is 5.32 Å². The third kappa shape index (κ3) is 3.93. The van der Waals surface area contributed by atoms with Crippen molar-refractivity contribution in [3.8, 4) is 0 Å². The van der Waals surface area contributed by atoms with Gasteiger partial charge in [0.15, 0.2) is 0 Å². The highest BCUT2D eigenvalue weighted by Crippen LogP contribution is 2.37. The van der Waals surface area contributed by atoms with Crippen LogP contribution in [0.5, 0.6) is 0 Å². The minimum Gasteiger partial charge on any atom is -0.310 e. The molecule has 0 aliphatic heterocycles. The zero-order valence-corrected chi connectivity index (χ0v) is 13.5. The smallest absolute Gasteiger partial charge is 0.129 e. The van der Waals surface area contributed by atoms with Crippen LogP contribution in [-0.4, -0.2) is 6.54 Å². The molecule has 0 aromatic heterocycles. The van der Waals surface area contributed by atoms with Crippen molar-refractivity contribution in [2.45, 2.75) is 45.1 Å². The van der Waals surface area contributed by atoms with E-state index in [0.717, 1.165) is 25.3 Å². The van der Waals surface area contributed by atoms with Crippen LogP contribution in [0.4, 0.5) is 4.39 Å². The van der Waals surface area contributed by atoms with Crippen molar-refractivity contribution in [1.29, 1.82) is 0 Å². The highest BCUT2D eigenvalue weighted by Gasteiger charge is 2.25. The molecule has 19 heavy (non-hydrogen) atoms. The van der Waals surface area contributed by atoms with Crippen molar-refractivity contribution >= 4 is 27.5 Å². The molecule has 0 amide bonds. The zero-order chi connectivity index (χ0) is 13.8. The van der Waals surface area contributed by atoms with Crippen LogP contribution >= 0.6 is 27.5 Å². The van der Waals surface area contributed by atoms with Crippen LogP contribution in [0.2, 0.25) is 5.02 Å². The van der Waals surface area contributed by atoms with E-state index >= 15 is 0 Å². The molecule has 1 fully saturated rings.